The Labute approximate surface area is 117 Å². The van der Waals surface area contributed by atoms with E-state index in [1.807, 2.05) is 66.0 Å². The van der Waals surface area contributed by atoms with Crippen molar-refractivity contribution in [1.82, 2.24) is 5.32 Å². The van der Waals surface area contributed by atoms with Gasteiger partial charge in [-0.2, -0.15) is 0 Å². The third kappa shape index (κ3) is 4.42. The molecule has 0 saturated carbocycles. The van der Waals surface area contributed by atoms with E-state index < -0.39 is 0 Å². The van der Waals surface area contributed by atoms with Crippen LogP contribution in [0.5, 0.6) is 0 Å². The molecule has 2 aromatic rings. The Morgan fingerprint density at radius 1 is 0.650 bits per heavy atom. The van der Waals surface area contributed by atoms with Gasteiger partial charge in [-0.05, 0) is 24.3 Å². The van der Waals surface area contributed by atoms with Crippen molar-refractivity contribution in [2.45, 2.75) is 0 Å². The molecule has 0 atom stereocenters. The van der Waals surface area contributed by atoms with Crippen LogP contribution < -0.4 is 10.6 Å². The minimum absolute atomic E-state index is 0.329. The van der Waals surface area contributed by atoms with Gasteiger partial charge in [0, 0.05) is 23.5 Å². The number of para-hydroxylation sites is 2. The van der Waals surface area contributed by atoms with Gasteiger partial charge in [0.15, 0.2) is 0 Å². The van der Waals surface area contributed by atoms with Crippen molar-refractivity contribution in [3.63, 3.8) is 0 Å². The fourth-order valence-corrected chi connectivity index (χ4v) is 1.57. The SMILES string of the molecule is O=C1C=CC(=O)N1.c1ccc(Nc2ccccc2)cc1. The van der Waals surface area contributed by atoms with Crippen LogP contribution in [-0.2, 0) is 9.59 Å². The van der Waals surface area contributed by atoms with Gasteiger partial charge >= 0.3 is 0 Å². The molecule has 3 rings (SSSR count). The van der Waals surface area contributed by atoms with E-state index in [1.54, 1.807) is 0 Å². The zero-order chi connectivity index (χ0) is 14.2. The van der Waals surface area contributed by atoms with Gasteiger partial charge in [-0.1, -0.05) is 36.4 Å². The summed E-state index contributed by atoms with van der Waals surface area (Å²) in [6.07, 6.45) is 2.39. The minimum Gasteiger partial charge on any atom is -0.356 e. The van der Waals surface area contributed by atoms with Crippen molar-refractivity contribution in [3.05, 3.63) is 72.8 Å². The number of amides is 2. The Morgan fingerprint density at radius 2 is 1.05 bits per heavy atom. The van der Waals surface area contributed by atoms with Crippen molar-refractivity contribution in [2.24, 2.45) is 0 Å². The lowest BCUT2D eigenvalue weighted by molar-refractivity contribution is -0.123. The number of carbonyl (C=O) groups excluding carboxylic acids is 2. The predicted molar refractivity (Wildman–Crippen MR) is 78.5 cm³/mol. The summed E-state index contributed by atoms with van der Waals surface area (Å²) in [5, 5.41) is 5.33. The lowest BCUT2D eigenvalue weighted by atomic mass is 10.3. The maximum Gasteiger partial charge on any atom is 0.250 e. The Hall–Kier alpha value is -2.88. The number of hydrogen-bond acceptors (Lipinski definition) is 3. The molecule has 4 nitrogen and oxygen atoms in total. The van der Waals surface area contributed by atoms with E-state index in [1.165, 1.54) is 12.2 Å². The number of rotatable bonds is 2. The molecule has 100 valence electrons. The monoisotopic (exact) mass is 266 g/mol. The maximum atomic E-state index is 10.0. The fraction of sp³-hybridized carbons (Fsp3) is 0. The first-order chi connectivity index (χ1) is 9.74. The molecule has 0 bridgehead atoms. The third-order valence-corrected chi connectivity index (χ3v) is 2.47. The van der Waals surface area contributed by atoms with Gasteiger partial charge in [-0.25, -0.2) is 0 Å². The van der Waals surface area contributed by atoms with E-state index in [0.29, 0.717) is 0 Å². The first-order valence-corrected chi connectivity index (χ1v) is 6.14. The van der Waals surface area contributed by atoms with E-state index in [0.717, 1.165) is 11.4 Å². The van der Waals surface area contributed by atoms with Crippen LogP contribution in [-0.4, -0.2) is 11.8 Å². The molecule has 1 aliphatic rings. The second-order valence-electron chi connectivity index (χ2n) is 4.04. The standard InChI is InChI=1S/C12H11N.C4H3NO2/c1-3-7-11(8-4-1)13-12-9-5-2-6-10-12;6-3-1-2-4(7)5-3/h1-10,13H;1-2H,(H,5,6,7). The van der Waals surface area contributed by atoms with Crippen molar-refractivity contribution in [2.75, 3.05) is 5.32 Å². The van der Waals surface area contributed by atoms with E-state index >= 15 is 0 Å². The van der Waals surface area contributed by atoms with Gasteiger partial charge in [0.25, 0.3) is 11.8 Å². The number of anilines is 2. The van der Waals surface area contributed by atoms with Crippen molar-refractivity contribution in [1.29, 1.82) is 0 Å². The van der Waals surface area contributed by atoms with Crippen molar-refractivity contribution >= 4 is 23.2 Å². The molecule has 2 amide bonds. The van der Waals surface area contributed by atoms with Gasteiger partial charge in [-0.15, -0.1) is 0 Å². The Kier molecular flexibility index (Phi) is 4.67. The molecule has 0 radical (unpaired) electrons. The highest BCUT2D eigenvalue weighted by Crippen LogP contribution is 2.14. The molecule has 4 heteroatoms. The summed E-state index contributed by atoms with van der Waals surface area (Å²) in [5.74, 6) is -0.657. The van der Waals surface area contributed by atoms with Gasteiger partial charge in [-0.3, -0.25) is 14.9 Å². The topological polar surface area (TPSA) is 58.2 Å². The summed E-state index contributed by atoms with van der Waals surface area (Å²) in [5.41, 5.74) is 2.24. The quantitative estimate of drug-likeness (QED) is 0.821. The summed E-state index contributed by atoms with van der Waals surface area (Å²) in [6.45, 7) is 0. The largest absolute Gasteiger partial charge is 0.356 e. The first-order valence-electron chi connectivity index (χ1n) is 6.14. The first kappa shape index (κ1) is 13.5. The second kappa shape index (κ2) is 6.89. The number of hydrogen-bond donors (Lipinski definition) is 2. The molecule has 0 unspecified atom stereocenters. The predicted octanol–water partition coefficient (Wildman–Crippen LogP) is 2.63. The highest BCUT2D eigenvalue weighted by molar-refractivity contribution is 6.12. The van der Waals surface area contributed by atoms with E-state index in [-0.39, 0.29) is 11.8 Å². The third-order valence-electron chi connectivity index (χ3n) is 2.47. The molecule has 0 aliphatic carbocycles. The lowest BCUT2D eigenvalue weighted by Gasteiger charge is -2.04. The van der Waals surface area contributed by atoms with Gasteiger partial charge < -0.3 is 5.32 Å². The zero-order valence-electron chi connectivity index (χ0n) is 10.7. The molecular formula is C16H14N2O2. The van der Waals surface area contributed by atoms with Gasteiger partial charge in [0.2, 0.25) is 0 Å². The van der Waals surface area contributed by atoms with Crippen LogP contribution in [0.3, 0.4) is 0 Å². The van der Waals surface area contributed by atoms with Crippen LogP contribution in [0.2, 0.25) is 0 Å². The Balaban J connectivity index is 0.000000178. The molecular weight excluding hydrogens is 252 g/mol. The van der Waals surface area contributed by atoms with Crippen LogP contribution >= 0.6 is 0 Å². The Bertz CT molecular complexity index is 553. The highest BCUT2D eigenvalue weighted by atomic mass is 16.2. The molecule has 0 spiro atoms. The van der Waals surface area contributed by atoms with Crippen LogP contribution in [0.25, 0.3) is 0 Å². The Morgan fingerprint density at radius 3 is 1.35 bits per heavy atom. The molecule has 0 fully saturated rings. The highest BCUT2D eigenvalue weighted by Gasteiger charge is 2.06. The molecule has 0 aromatic heterocycles. The van der Waals surface area contributed by atoms with E-state index in [4.69, 9.17) is 0 Å². The zero-order valence-corrected chi connectivity index (χ0v) is 10.7. The van der Waals surface area contributed by atoms with E-state index in [9.17, 15) is 9.59 Å². The lowest BCUT2D eigenvalue weighted by Crippen LogP contribution is -2.19. The molecule has 1 heterocycles. The van der Waals surface area contributed by atoms with Crippen LogP contribution in [0.4, 0.5) is 11.4 Å². The molecule has 2 aromatic carbocycles. The average Bonchev–Trinajstić information content (AvgIpc) is 2.85. The van der Waals surface area contributed by atoms with Gasteiger partial charge in [0.1, 0.15) is 0 Å². The fourth-order valence-electron chi connectivity index (χ4n) is 1.57. The maximum absolute atomic E-state index is 10.0. The van der Waals surface area contributed by atoms with Crippen molar-refractivity contribution in [3.8, 4) is 0 Å². The number of nitrogens with one attached hydrogen (secondary N) is 2. The number of carbonyl (C=O) groups is 2. The molecule has 0 saturated heterocycles. The second-order valence-corrected chi connectivity index (χ2v) is 4.04. The average molecular weight is 266 g/mol. The number of benzene rings is 2. The molecule has 20 heavy (non-hydrogen) atoms. The smallest absolute Gasteiger partial charge is 0.250 e. The van der Waals surface area contributed by atoms with Gasteiger partial charge in [0.05, 0.1) is 0 Å². The van der Waals surface area contributed by atoms with Crippen LogP contribution in [0.1, 0.15) is 0 Å². The minimum atomic E-state index is -0.329. The summed E-state index contributed by atoms with van der Waals surface area (Å²) >= 11 is 0. The van der Waals surface area contributed by atoms with Crippen molar-refractivity contribution < 1.29 is 9.59 Å². The van der Waals surface area contributed by atoms with Crippen LogP contribution in [0, 0.1) is 0 Å². The van der Waals surface area contributed by atoms with E-state index in [2.05, 4.69) is 5.32 Å². The summed E-state index contributed by atoms with van der Waals surface area (Å²) in [4.78, 5) is 20.1. The number of imide groups is 1. The summed E-state index contributed by atoms with van der Waals surface area (Å²) in [6, 6.07) is 20.3. The molecule has 1 aliphatic heterocycles. The van der Waals surface area contributed by atoms with Crippen LogP contribution in [0.15, 0.2) is 72.8 Å². The normalized spacial score (nSPS) is 12.4. The summed E-state index contributed by atoms with van der Waals surface area (Å²) in [7, 11) is 0. The summed E-state index contributed by atoms with van der Waals surface area (Å²) < 4.78 is 0. The molecule has 2 N–H and O–H groups in total.